The molecule has 0 aliphatic rings. The van der Waals surface area contributed by atoms with Gasteiger partial charge in [0.2, 0.25) is 0 Å². The molecule has 1 heterocycles. The lowest BCUT2D eigenvalue weighted by molar-refractivity contribution is 0.0457. The molecule has 0 amide bonds. The molecule has 0 unspecified atom stereocenters. The van der Waals surface area contributed by atoms with E-state index < -0.39 is 5.97 Å². The molecule has 1 rings (SSSR count). The molecule has 0 radical (unpaired) electrons. The van der Waals surface area contributed by atoms with E-state index in [2.05, 4.69) is 25.7 Å². The Morgan fingerprint density at radius 1 is 1.53 bits per heavy atom. The van der Waals surface area contributed by atoms with Gasteiger partial charge in [-0.1, -0.05) is 0 Å². The van der Waals surface area contributed by atoms with Gasteiger partial charge in [0.05, 0.1) is 7.11 Å². The van der Waals surface area contributed by atoms with Crippen LogP contribution in [-0.4, -0.2) is 32.0 Å². The van der Waals surface area contributed by atoms with Crippen molar-refractivity contribution in [2.24, 2.45) is 0 Å². The van der Waals surface area contributed by atoms with Crippen LogP contribution >= 0.6 is 15.9 Å². The van der Waals surface area contributed by atoms with Crippen LogP contribution in [0.1, 0.15) is 10.5 Å². The Balaban J connectivity index is 2.97. The summed E-state index contributed by atoms with van der Waals surface area (Å²) in [4.78, 5) is 15.2. The van der Waals surface area contributed by atoms with E-state index in [0.29, 0.717) is 10.2 Å². The second kappa shape index (κ2) is 5.67. The molecular formula is C9H10BrNO4. The van der Waals surface area contributed by atoms with Gasteiger partial charge in [-0.25, -0.2) is 9.78 Å². The number of methoxy groups -OCH3 is 2. The molecular weight excluding hydrogens is 266 g/mol. The van der Waals surface area contributed by atoms with Crippen molar-refractivity contribution in [1.82, 2.24) is 4.98 Å². The van der Waals surface area contributed by atoms with Gasteiger partial charge in [0.25, 0.3) is 0 Å². The van der Waals surface area contributed by atoms with Gasteiger partial charge in [-0.15, -0.1) is 0 Å². The molecule has 0 aliphatic heterocycles. The van der Waals surface area contributed by atoms with Gasteiger partial charge in [0, 0.05) is 17.8 Å². The van der Waals surface area contributed by atoms with Crippen LogP contribution in [0, 0.1) is 0 Å². The second-order valence-corrected chi connectivity index (χ2v) is 3.46. The Bertz CT molecular complexity index is 356. The van der Waals surface area contributed by atoms with Crippen LogP contribution in [0.2, 0.25) is 0 Å². The fourth-order valence-electron chi connectivity index (χ4n) is 0.903. The van der Waals surface area contributed by atoms with E-state index in [1.807, 2.05) is 0 Å². The van der Waals surface area contributed by atoms with Crippen LogP contribution in [0.3, 0.4) is 0 Å². The highest BCUT2D eigenvalue weighted by Gasteiger charge is 2.15. The van der Waals surface area contributed by atoms with E-state index in [-0.39, 0.29) is 12.5 Å². The standard InChI is InChI=1S/C9H10BrNO4/c1-13-5-15-7-3-6(10)4-11-8(7)9(12)14-2/h3-4H,5H2,1-2H3. The molecule has 0 aromatic carbocycles. The van der Waals surface area contributed by atoms with Crippen molar-refractivity contribution in [3.8, 4) is 5.75 Å². The summed E-state index contributed by atoms with van der Waals surface area (Å²) in [6.45, 7) is 0.0438. The topological polar surface area (TPSA) is 57.7 Å². The van der Waals surface area contributed by atoms with Crippen LogP contribution in [0.5, 0.6) is 5.75 Å². The zero-order chi connectivity index (χ0) is 11.3. The van der Waals surface area contributed by atoms with Crippen molar-refractivity contribution >= 4 is 21.9 Å². The summed E-state index contributed by atoms with van der Waals surface area (Å²) < 4.78 is 15.2. The van der Waals surface area contributed by atoms with Gasteiger partial charge in [0.15, 0.2) is 18.2 Å². The maximum absolute atomic E-state index is 11.3. The number of nitrogens with zero attached hydrogens (tertiary/aromatic N) is 1. The molecule has 0 aliphatic carbocycles. The lowest BCUT2D eigenvalue weighted by Crippen LogP contribution is -2.09. The number of hydrogen-bond donors (Lipinski definition) is 0. The number of rotatable bonds is 4. The van der Waals surface area contributed by atoms with E-state index in [9.17, 15) is 4.79 Å². The Kier molecular flexibility index (Phi) is 4.51. The minimum absolute atomic E-state index is 0.0438. The van der Waals surface area contributed by atoms with Crippen molar-refractivity contribution < 1.29 is 19.0 Å². The Labute approximate surface area is 95.5 Å². The van der Waals surface area contributed by atoms with E-state index in [0.717, 1.165) is 0 Å². The molecule has 0 atom stereocenters. The highest BCUT2D eigenvalue weighted by atomic mass is 79.9. The number of esters is 1. The number of aromatic nitrogens is 1. The molecule has 82 valence electrons. The van der Waals surface area contributed by atoms with Crippen LogP contribution in [0.4, 0.5) is 0 Å². The van der Waals surface area contributed by atoms with Crippen molar-refractivity contribution in [1.29, 1.82) is 0 Å². The molecule has 0 saturated heterocycles. The first-order chi connectivity index (χ1) is 7.19. The summed E-state index contributed by atoms with van der Waals surface area (Å²) in [7, 11) is 2.77. The van der Waals surface area contributed by atoms with Gasteiger partial charge in [-0.2, -0.15) is 0 Å². The average molecular weight is 276 g/mol. The minimum atomic E-state index is -0.548. The highest BCUT2D eigenvalue weighted by Crippen LogP contribution is 2.21. The zero-order valence-corrected chi connectivity index (χ0v) is 9.91. The van der Waals surface area contributed by atoms with Crippen molar-refractivity contribution in [2.45, 2.75) is 0 Å². The summed E-state index contributed by atoms with van der Waals surface area (Å²) in [6, 6.07) is 1.62. The molecule has 1 aromatic heterocycles. The van der Waals surface area contributed by atoms with Gasteiger partial charge < -0.3 is 14.2 Å². The monoisotopic (exact) mass is 275 g/mol. The first kappa shape index (κ1) is 11.9. The van der Waals surface area contributed by atoms with Gasteiger partial charge in [-0.3, -0.25) is 0 Å². The quantitative estimate of drug-likeness (QED) is 0.617. The third-order valence-corrected chi connectivity index (χ3v) is 1.96. The molecule has 1 aromatic rings. The highest BCUT2D eigenvalue weighted by molar-refractivity contribution is 9.10. The SMILES string of the molecule is COCOc1cc(Br)cnc1C(=O)OC. The van der Waals surface area contributed by atoms with E-state index in [1.54, 1.807) is 6.07 Å². The number of carbonyl (C=O) groups is 1. The number of carbonyl (C=O) groups excluding carboxylic acids is 1. The summed E-state index contributed by atoms with van der Waals surface area (Å²) in [6.07, 6.45) is 1.49. The zero-order valence-electron chi connectivity index (χ0n) is 8.32. The maximum Gasteiger partial charge on any atom is 0.360 e. The second-order valence-electron chi connectivity index (χ2n) is 2.54. The lowest BCUT2D eigenvalue weighted by atomic mass is 10.3. The molecule has 6 heteroatoms. The summed E-state index contributed by atoms with van der Waals surface area (Å²) in [5, 5.41) is 0. The third kappa shape index (κ3) is 3.17. The molecule has 0 bridgehead atoms. The van der Waals surface area contributed by atoms with Crippen LogP contribution in [0.15, 0.2) is 16.7 Å². The average Bonchev–Trinajstić information content (AvgIpc) is 2.25. The third-order valence-electron chi connectivity index (χ3n) is 1.53. The van der Waals surface area contributed by atoms with Crippen LogP contribution < -0.4 is 4.74 Å². The van der Waals surface area contributed by atoms with E-state index in [1.165, 1.54) is 20.4 Å². The summed E-state index contributed by atoms with van der Waals surface area (Å²) >= 11 is 3.22. The smallest absolute Gasteiger partial charge is 0.360 e. The number of hydrogen-bond acceptors (Lipinski definition) is 5. The Morgan fingerprint density at radius 2 is 2.27 bits per heavy atom. The van der Waals surface area contributed by atoms with Crippen LogP contribution in [-0.2, 0) is 9.47 Å². The molecule has 0 N–H and O–H groups in total. The molecule has 0 spiro atoms. The fraction of sp³-hybridized carbons (Fsp3) is 0.333. The van der Waals surface area contributed by atoms with Crippen LogP contribution in [0.25, 0.3) is 0 Å². The van der Waals surface area contributed by atoms with Gasteiger partial charge >= 0.3 is 5.97 Å². The predicted molar refractivity (Wildman–Crippen MR) is 55.8 cm³/mol. The Hall–Kier alpha value is -1.14. The number of halogens is 1. The number of ether oxygens (including phenoxy) is 3. The van der Waals surface area contributed by atoms with Crippen molar-refractivity contribution in [3.05, 3.63) is 22.4 Å². The minimum Gasteiger partial charge on any atom is -0.465 e. The van der Waals surface area contributed by atoms with Gasteiger partial charge in [-0.05, 0) is 22.0 Å². The fourth-order valence-corrected chi connectivity index (χ4v) is 1.21. The summed E-state index contributed by atoms with van der Waals surface area (Å²) in [5.74, 6) is -0.230. The predicted octanol–water partition coefficient (Wildman–Crippen LogP) is 1.61. The van der Waals surface area contributed by atoms with Gasteiger partial charge in [0.1, 0.15) is 0 Å². The Morgan fingerprint density at radius 3 is 2.87 bits per heavy atom. The number of pyridine rings is 1. The van der Waals surface area contributed by atoms with E-state index >= 15 is 0 Å². The lowest BCUT2D eigenvalue weighted by Gasteiger charge is -2.08. The molecule has 15 heavy (non-hydrogen) atoms. The molecule has 0 saturated carbocycles. The van der Waals surface area contributed by atoms with E-state index in [4.69, 9.17) is 9.47 Å². The van der Waals surface area contributed by atoms with Crippen molar-refractivity contribution in [2.75, 3.05) is 21.0 Å². The normalized spacial score (nSPS) is 9.80. The largest absolute Gasteiger partial charge is 0.465 e. The molecule has 5 nitrogen and oxygen atoms in total. The molecule has 0 fully saturated rings. The first-order valence-electron chi connectivity index (χ1n) is 4.04. The maximum atomic E-state index is 11.3. The first-order valence-corrected chi connectivity index (χ1v) is 4.84. The van der Waals surface area contributed by atoms with Crippen molar-refractivity contribution in [3.63, 3.8) is 0 Å². The summed E-state index contributed by atoms with van der Waals surface area (Å²) in [5.41, 5.74) is 0.123.